The summed E-state index contributed by atoms with van der Waals surface area (Å²) in [5.41, 5.74) is 2.64. The van der Waals surface area contributed by atoms with E-state index in [1.807, 2.05) is 31.2 Å². The molecule has 27 heavy (non-hydrogen) atoms. The molecule has 140 valence electrons. The van der Waals surface area contributed by atoms with Crippen LogP contribution in [0.2, 0.25) is 0 Å². The van der Waals surface area contributed by atoms with Gasteiger partial charge in [0.1, 0.15) is 11.6 Å². The lowest BCUT2D eigenvalue weighted by Gasteiger charge is -2.12. The summed E-state index contributed by atoms with van der Waals surface area (Å²) in [6.07, 6.45) is 1.77. The zero-order chi connectivity index (χ0) is 19.2. The molecule has 0 bridgehead atoms. The smallest absolute Gasteiger partial charge is 0.229 e. The van der Waals surface area contributed by atoms with E-state index in [0.29, 0.717) is 10.8 Å². The van der Waals surface area contributed by atoms with Gasteiger partial charge >= 0.3 is 0 Å². The Balaban J connectivity index is 1.88. The summed E-state index contributed by atoms with van der Waals surface area (Å²) >= 11 is 0. The van der Waals surface area contributed by atoms with Crippen molar-refractivity contribution in [1.29, 1.82) is 4.78 Å². The monoisotopic (exact) mass is 383 g/mol. The largest absolute Gasteiger partial charge is 0.497 e. The quantitative estimate of drug-likeness (QED) is 0.461. The maximum atomic E-state index is 11.2. The van der Waals surface area contributed by atoms with Crippen molar-refractivity contribution in [2.75, 3.05) is 24.3 Å². The predicted octanol–water partition coefficient (Wildman–Crippen LogP) is 3.93. The molecule has 0 aliphatic rings. The number of anilines is 3. The molecule has 8 heteroatoms. The first kappa shape index (κ1) is 18.7. The summed E-state index contributed by atoms with van der Waals surface area (Å²) < 4.78 is 23.7. The summed E-state index contributed by atoms with van der Waals surface area (Å²) in [4.78, 5) is 9.47. The van der Waals surface area contributed by atoms with E-state index in [1.54, 1.807) is 37.6 Å². The first-order valence-electron chi connectivity index (χ1n) is 8.41. The van der Waals surface area contributed by atoms with Gasteiger partial charge in [-0.15, -0.1) is 0 Å². The van der Waals surface area contributed by atoms with Crippen LogP contribution in [0, 0.1) is 4.78 Å². The molecule has 1 aromatic heterocycles. The van der Waals surface area contributed by atoms with E-state index in [9.17, 15) is 4.21 Å². The molecule has 1 atom stereocenters. The van der Waals surface area contributed by atoms with E-state index in [-0.39, 0.29) is 0 Å². The predicted molar refractivity (Wildman–Crippen MR) is 108 cm³/mol. The minimum Gasteiger partial charge on any atom is -0.497 e. The SMILES string of the molecule is CCNc1nc(Nc2ccc([SH](=N)=O)cc2)ncc1-c1ccc(OC)cc1. The Morgan fingerprint density at radius 2 is 1.81 bits per heavy atom. The van der Waals surface area contributed by atoms with Crippen LogP contribution >= 0.6 is 0 Å². The fourth-order valence-corrected chi connectivity index (χ4v) is 2.96. The van der Waals surface area contributed by atoms with Crippen LogP contribution in [0.25, 0.3) is 11.1 Å². The zero-order valence-corrected chi connectivity index (χ0v) is 16.0. The number of aromatic nitrogens is 2. The Bertz CT molecular complexity index is 978. The average Bonchev–Trinajstić information content (AvgIpc) is 2.69. The van der Waals surface area contributed by atoms with Gasteiger partial charge in [-0.05, 0) is 48.9 Å². The third kappa shape index (κ3) is 4.53. The Labute approximate surface area is 159 Å². The second-order valence-corrected chi connectivity index (χ2v) is 6.79. The van der Waals surface area contributed by atoms with Crippen molar-refractivity contribution in [3.63, 3.8) is 0 Å². The van der Waals surface area contributed by atoms with Gasteiger partial charge in [0.25, 0.3) is 0 Å². The normalized spacial score (nSPS) is 11.6. The van der Waals surface area contributed by atoms with Gasteiger partial charge in [-0.2, -0.15) is 4.98 Å². The number of nitrogens with one attached hydrogen (secondary N) is 3. The average molecular weight is 383 g/mol. The van der Waals surface area contributed by atoms with Gasteiger partial charge < -0.3 is 15.4 Å². The zero-order valence-electron chi connectivity index (χ0n) is 15.1. The molecule has 2 aromatic carbocycles. The Morgan fingerprint density at radius 1 is 1.11 bits per heavy atom. The maximum absolute atomic E-state index is 11.2. The molecule has 0 aliphatic heterocycles. The van der Waals surface area contributed by atoms with E-state index in [4.69, 9.17) is 9.52 Å². The fourth-order valence-electron chi connectivity index (χ4n) is 2.54. The third-order valence-corrected chi connectivity index (χ3v) is 4.66. The van der Waals surface area contributed by atoms with Crippen LogP contribution in [-0.2, 0) is 10.6 Å². The molecular weight excluding hydrogens is 362 g/mol. The number of thiol groups is 1. The number of nitrogens with zero attached hydrogens (tertiary/aromatic N) is 2. The Hall–Kier alpha value is -3.13. The summed E-state index contributed by atoms with van der Waals surface area (Å²) in [7, 11) is -0.453. The summed E-state index contributed by atoms with van der Waals surface area (Å²) in [5, 5.41) is 6.40. The van der Waals surface area contributed by atoms with Gasteiger partial charge in [0.05, 0.1) is 17.7 Å². The highest BCUT2D eigenvalue weighted by Crippen LogP contribution is 2.29. The first-order valence-corrected chi connectivity index (χ1v) is 9.67. The van der Waals surface area contributed by atoms with Crippen LogP contribution in [0.15, 0.2) is 59.6 Å². The van der Waals surface area contributed by atoms with Crippen molar-refractivity contribution in [2.45, 2.75) is 11.8 Å². The summed E-state index contributed by atoms with van der Waals surface area (Å²) in [5.74, 6) is 1.97. The van der Waals surface area contributed by atoms with E-state index in [1.165, 1.54) is 0 Å². The van der Waals surface area contributed by atoms with Crippen molar-refractivity contribution in [3.8, 4) is 16.9 Å². The van der Waals surface area contributed by atoms with E-state index < -0.39 is 10.6 Å². The second kappa shape index (κ2) is 8.50. The second-order valence-electron chi connectivity index (χ2n) is 5.68. The molecule has 1 heterocycles. The van der Waals surface area contributed by atoms with E-state index in [2.05, 4.69) is 20.6 Å². The lowest BCUT2D eigenvalue weighted by atomic mass is 10.1. The summed E-state index contributed by atoms with van der Waals surface area (Å²) in [6.45, 7) is 2.73. The van der Waals surface area contributed by atoms with Gasteiger partial charge in [-0.3, -0.25) is 4.78 Å². The van der Waals surface area contributed by atoms with Crippen molar-refractivity contribution in [3.05, 3.63) is 54.7 Å². The number of hydrogen-bond acceptors (Lipinski definition) is 7. The van der Waals surface area contributed by atoms with Crippen LogP contribution in [0.1, 0.15) is 6.92 Å². The number of ether oxygens (including phenoxy) is 1. The van der Waals surface area contributed by atoms with Crippen molar-refractivity contribution >= 4 is 28.0 Å². The minimum atomic E-state index is -2.09. The van der Waals surface area contributed by atoms with Crippen LogP contribution in [-0.4, -0.2) is 27.8 Å². The Kier molecular flexibility index (Phi) is 5.87. The fraction of sp³-hybridized carbons (Fsp3) is 0.158. The molecule has 0 amide bonds. The molecule has 0 aliphatic carbocycles. The van der Waals surface area contributed by atoms with E-state index in [0.717, 1.165) is 34.9 Å². The van der Waals surface area contributed by atoms with Gasteiger partial charge in [0.15, 0.2) is 0 Å². The molecule has 1 unspecified atom stereocenters. The molecular formula is C19H21N5O2S. The number of benzene rings is 2. The van der Waals surface area contributed by atoms with Gasteiger partial charge in [-0.25, -0.2) is 9.19 Å². The first-order chi connectivity index (χ1) is 13.1. The molecule has 0 radical (unpaired) electrons. The van der Waals surface area contributed by atoms with Gasteiger partial charge in [0.2, 0.25) is 5.95 Å². The number of methoxy groups -OCH3 is 1. The third-order valence-electron chi connectivity index (χ3n) is 3.89. The molecule has 0 saturated carbocycles. The highest BCUT2D eigenvalue weighted by Gasteiger charge is 2.10. The molecule has 0 spiro atoms. The minimum absolute atomic E-state index is 0.450. The lowest BCUT2D eigenvalue weighted by molar-refractivity contribution is 0.415. The highest BCUT2D eigenvalue weighted by atomic mass is 32.2. The number of rotatable bonds is 7. The molecule has 0 saturated heterocycles. The van der Waals surface area contributed by atoms with E-state index >= 15 is 0 Å². The molecule has 0 fully saturated rings. The van der Waals surface area contributed by atoms with Crippen LogP contribution in [0.5, 0.6) is 5.75 Å². The standard InChI is InChI=1S/C19H21N5O2S/c1-3-21-18-17(13-4-8-15(26-2)9-5-13)12-22-19(24-18)23-14-6-10-16(11-7-14)27(20)25/h4-12,20,27H,3H2,1-2H3,(H2,21,22,23,24). The number of hydrogen-bond donors (Lipinski definition) is 4. The lowest BCUT2D eigenvalue weighted by Crippen LogP contribution is -2.05. The van der Waals surface area contributed by atoms with Crippen molar-refractivity contribution in [1.82, 2.24) is 9.97 Å². The van der Waals surface area contributed by atoms with Crippen LogP contribution in [0.4, 0.5) is 17.5 Å². The van der Waals surface area contributed by atoms with Crippen LogP contribution in [0.3, 0.4) is 0 Å². The van der Waals surface area contributed by atoms with Crippen LogP contribution < -0.4 is 15.4 Å². The molecule has 7 nitrogen and oxygen atoms in total. The summed E-state index contributed by atoms with van der Waals surface area (Å²) in [6, 6.07) is 14.6. The topological polar surface area (TPSA) is 100.0 Å². The Morgan fingerprint density at radius 3 is 2.41 bits per heavy atom. The highest BCUT2D eigenvalue weighted by molar-refractivity contribution is 7.73. The maximum Gasteiger partial charge on any atom is 0.229 e. The van der Waals surface area contributed by atoms with Gasteiger partial charge in [0, 0.05) is 28.9 Å². The van der Waals surface area contributed by atoms with Crippen molar-refractivity contribution < 1.29 is 8.95 Å². The molecule has 3 aromatic rings. The van der Waals surface area contributed by atoms with Crippen molar-refractivity contribution in [2.24, 2.45) is 0 Å². The molecule has 3 rings (SSSR count). The van der Waals surface area contributed by atoms with Gasteiger partial charge in [-0.1, -0.05) is 12.1 Å². The molecule has 3 N–H and O–H groups in total.